The molecule has 3 aliphatic rings. The maximum Gasteiger partial charge on any atom is 0.409 e. The number of nitrogens with one attached hydrogen (secondary N) is 1. The second-order valence-corrected chi connectivity index (χ2v) is 17.0. The van der Waals surface area contributed by atoms with Gasteiger partial charge in [0, 0.05) is 50.5 Å². The molecule has 3 N–H and O–H groups in total. The second-order valence-electron chi connectivity index (χ2n) is 17.0. The van der Waals surface area contributed by atoms with Crippen molar-refractivity contribution in [2.24, 2.45) is 5.73 Å². The van der Waals surface area contributed by atoms with Crippen molar-refractivity contribution in [1.82, 2.24) is 15.1 Å². The highest BCUT2D eigenvalue weighted by Gasteiger charge is 2.32. The van der Waals surface area contributed by atoms with Crippen molar-refractivity contribution in [3.05, 3.63) is 179 Å². The van der Waals surface area contributed by atoms with Gasteiger partial charge in [-0.1, -0.05) is 146 Å². The van der Waals surface area contributed by atoms with Crippen LogP contribution >= 0.6 is 0 Å². The summed E-state index contributed by atoms with van der Waals surface area (Å²) in [7, 11) is 0. The van der Waals surface area contributed by atoms with E-state index in [2.05, 4.69) is 78.1 Å². The molecular weight excluding hydrogens is 813 g/mol. The van der Waals surface area contributed by atoms with Crippen molar-refractivity contribution in [3.8, 4) is 33.4 Å². The van der Waals surface area contributed by atoms with E-state index in [1.54, 1.807) is 9.80 Å². The molecule has 0 aromatic heterocycles. The number of hydrogen-bond donors (Lipinski definition) is 2. The molecule has 0 atom stereocenters. The zero-order valence-electron chi connectivity index (χ0n) is 36.7. The van der Waals surface area contributed by atoms with Gasteiger partial charge in [-0.2, -0.15) is 0 Å². The molecule has 3 amide bonds. The molecule has 65 heavy (non-hydrogen) atoms. The van der Waals surface area contributed by atoms with Crippen LogP contribution in [-0.2, 0) is 14.2 Å². The van der Waals surface area contributed by atoms with Crippen LogP contribution in [0.2, 0.25) is 0 Å². The molecule has 6 aromatic rings. The van der Waals surface area contributed by atoms with E-state index in [0.717, 1.165) is 44.5 Å². The van der Waals surface area contributed by atoms with Gasteiger partial charge in [0.1, 0.15) is 19.8 Å². The van der Waals surface area contributed by atoms with Crippen molar-refractivity contribution in [2.75, 3.05) is 59.1 Å². The SMILES string of the molecule is NCCCN(CCCCN(CCCNC(=O)OCC1c2ccccc2-c2ccccc21)C(=O)OCC1c2ccccc2-c2ccccc21)C(=O)OCC1c2ccccc2-c2ccccc21. The molecule has 0 radical (unpaired) electrons. The highest BCUT2D eigenvalue weighted by molar-refractivity contribution is 5.81. The average molecular weight is 869 g/mol. The van der Waals surface area contributed by atoms with Crippen LogP contribution in [0.1, 0.15) is 76.8 Å². The molecule has 10 heteroatoms. The number of alkyl carbamates (subject to hydrolysis) is 1. The van der Waals surface area contributed by atoms with E-state index in [4.69, 9.17) is 19.9 Å². The molecule has 0 heterocycles. The summed E-state index contributed by atoms with van der Waals surface area (Å²) in [5.41, 5.74) is 19.8. The predicted molar refractivity (Wildman–Crippen MR) is 254 cm³/mol. The molecule has 0 aliphatic heterocycles. The Morgan fingerprint density at radius 1 is 0.415 bits per heavy atom. The Bertz CT molecular complexity index is 2510. The lowest BCUT2D eigenvalue weighted by Crippen LogP contribution is -2.37. The van der Waals surface area contributed by atoms with E-state index in [9.17, 15) is 14.4 Å². The number of hydrogen-bond acceptors (Lipinski definition) is 7. The van der Waals surface area contributed by atoms with Crippen LogP contribution in [0.4, 0.5) is 14.4 Å². The van der Waals surface area contributed by atoms with Crippen molar-refractivity contribution >= 4 is 18.3 Å². The summed E-state index contributed by atoms with van der Waals surface area (Å²) < 4.78 is 17.9. The molecule has 332 valence electrons. The molecule has 9 rings (SSSR count). The maximum atomic E-state index is 14.0. The summed E-state index contributed by atoms with van der Waals surface area (Å²) >= 11 is 0. The number of rotatable bonds is 18. The maximum absolute atomic E-state index is 14.0. The summed E-state index contributed by atoms with van der Waals surface area (Å²) in [4.78, 5) is 44.0. The number of unbranched alkanes of at least 4 members (excludes halogenated alkanes) is 1. The quantitative estimate of drug-likeness (QED) is 0.0651. The summed E-state index contributed by atoms with van der Waals surface area (Å²) in [5.74, 6) is -0.142. The van der Waals surface area contributed by atoms with E-state index in [1.165, 1.54) is 22.3 Å². The zero-order chi connectivity index (χ0) is 44.5. The highest BCUT2D eigenvalue weighted by Crippen LogP contribution is 2.47. The van der Waals surface area contributed by atoms with E-state index in [0.29, 0.717) is 65.0 Å². The highest BCUT2D eigenvalue weighted by atomic mass is 16.6. The Morgan fingerprint density at radius 3 is 1.05 bits per heavy atom. The third kappa shape index (κ3) is 9.36. The number of carbonyl (C=O) groups is 3. The minimum Gasteiger partial charge on any atom is -0.449 e. The van der Waals surface area contributed by atoms with Gasteiger partial charge in [0.2, 0.25) is 0 Å². The van der Waals surface area contributed by atoms with Crippen LogP contribution in [0.3, 0.4) is 0 Å². The smallest absolute Gasteiger partial charge is 0.409 e. The minimum atomic E-state index is -0.495. The van der Waals surface area contributed by atoms with Crippen LogP contribution in [-0.4, -0.2) is 87.2 Å². The third-order valence-electron chi connectivity index (χ3n) is 13.1. The van der Waals surface area contributed by atoms with Gasteiger partial charge in [-0.3, -0.25) is 0 Å². The van der Waals surface area contributed by atoms with Crippen molar-refractivity contribution in [2.45, 2.75) is 43.4 Å². The third-order valence-corrected chi connectivity index (χ3v) is 13.1. The molecule has 0 fully saturated rings. The molecule has 6 aromatic carbocycles. The number of nitrogens with zero attached hydrogens (tertiary/aromatic N) is 2. The van der Waals surface area contributed by atoms with Gasteiger partial charge in [0.25, 0.3) is 0 Å². The molecule has 10 nitrogen and oxygen atoms in total. The molecule has 0 bridgehead atoms. The number of carbonyl (C=O) groups excluding carboxylic acids is 3. The van der Waals surface area contributed by atoms with E-state index in [-0.39, 0.29) is 43.7 Å². The lowest BCUT2D eigenvalue weighted by molar-refractivity contribution is 0.0929. The number of amides is 3. The standard InChI is InChI=1S/C55H56N4O6/c56-29-15-33-58(54(61)64-36-51-46-25-9-3-19-40(46)41-20-4-10-26-47(41)51)31-13-14-32-59(55(62)65-37-52-48-27-11-5-21-42(48)43-22-6-12-28-49(43)52)34-16-30-57-53(60)63-35-50-44-23-7-1-17-38(44)39-18-2-8-24-45(39)50/h1-12,17-28,50-52H,13-16,29-37,56H2,(H,57,60). The van der Waals surface area contributed by atoms with Crippen LogP contribution in [0.25, 0.3) is 33.4 Å². The zero-order valence-corrected chi connectivity index (χ0v) is 36.7. The van der Waals surface area contributed by atoms with Crippen molar-refractivity contribution in [3.63, 3.8) is 0 Å². The summed E-state index contributed by atoms with van der Waals surface area (Å²) in [6.07, 6.45) is 1.13. The monoisotopic (exact) mass is 868 g/mol. The van der Waals surface area contributed by atoms with Crippen molar-refractivity contribution < 1.29 is 28.6 Å². The largest absolute Gasteiger partial charge is 0.449 e. The molecule has 0 saturated carbocycles. The Hall–Kier alpha value is -6.91. The van der Waals surface area contributed by atoms with Gasteiger partial charge in [-0.25, -0.2) is 14.4 Å². The Labute approximate surface area is 381 Å². The van der Waals surface area contributed by atoms with Crippen LogP contribution < -0.4 is 11.1 Å². The first-order valence-electron chi connectivity index (χ1n) is 23.0. The lowest BCUT2D eigenvalue weighted by atomic mass is 9.98. The molecule has 0 unspecified atom stereocenters. The molecular formula is C55H56N4O6. The number of fused-ring (bicyclic) bond motifs is 9. The molecule has 0 spiro atoms. The summed E-state index contributed by atoms with van der Waals surface area (Å²) in [6.45, 7) is 3.15. The Morgan fingerprint density at radius 2 is 0.708 bits per heavy atom. The van der Waals surface area contributed by atoms with E-state index in [1.807, 2.05) is 72.8 Å². The Kier molecular flexibility index (Phi) is 13.5. The topological polar surface area (TPSA) is 123 Å². The lowest BCUT2D eigenvalue weighted by Gasteiger charge is -2.25. The van der Waals surface area contributed by atoms with Crippen LogP contribution in [0.5, 0.6) is 0 Å². The van der Waals surface area contributed by atoms with Gasteiger partial charge in [0.05, 0.1) is 0 Å². The number of benzene rings is 6. The Balaban J connectivity index is 0.802. The predicted octanol–water partition coefficient (Wildman–Crippen LogP) is 10.5. The van der Waals surface area contributed by atoms with Crippen molar-refractivity contribution in [1.29, 1.82) is 0 Å². The second kappa shape index (κ2) is 20.3. The molecule has 3 aliphatic carbocycles. The summed E-state index contributed by atoms with van der Waals surface area (Å²) in [6, 6.07) is 49.7. The molecule has 0 saturated heterocycles. The average Bonchev–Trinajstić information content (AvgIpc) is 3.97. The first-order valence-corrected chi connectivity index (χ1v) is 23.0. The van der Waals surface area contributed by atoms with Gasteiger partial charge in [-0.05, 0) is 99.0 Å². The fourth-order valence-electron chi connectivity index (χ4n) is 9.96. The van der Waals surface area contributed by atoms with Crippen LogP contribution in [0, 0.1) is 0 Å². The fourth-order valence-corrected chi connectivity index (χ4v) is 9.96. The number of ether oxygens (including phenoxy) is 3. The van der Waals surface area contributed by atoms with Gasteiger partial charge in [0.15, 0.2) is 0 Å². The first-order chi connectivity index (χ1) is 32.0. The fraction of sp³-hybridized carbons (Fsp3) is 0.291. The minimum absolute atomic E-state index is 0.0346. The van der Waals surface area contributed by atoms with Gasteiger partial charge < -0.3 is 35.1 Å². The van der Waals surface area contributed by atoms with Gasteiger partial charge in [-0.15, -0.1) is 0 Å². The first kappa shape index (κ1) is 43.3. The van der Waals surface area contributed by atoms with Crippen LogP contribution in [0.15, 0.2) is 146 Å². The number of nitrogens with two attached hydrogens (primary N) is 1. The van der Waals surface area contributed by atoms with Gasteiger partial charge >= 0.3 is 18.3 Å². The van der Waals surface area contributed by atoms with E-state index < -0.39 is 12.2 Å². The normalized spacial score (nSPS) is 13.2. The summed E-state index contributed by atoms with van der Waals surface area (Å²) in [5, 5.41) is 2.90. The van der Waals surface area contributed by atoms with E-state index >= 15 is 0 Å².